The number of halogens is 1. The zero-order valence-corrected chi connectivity index (χ0v) is 13.7. The van der Waals surface area contributed by atoms with Crippen LogP contribution in [0.1, 0.15) is 5.56 Å². The minimum Gasteiger partial charge on any atom is -0.466 e. The van der Waals surface area contributed by atoms with Crippen molar-refractivity contribution in [3.05, 3.63) is 71.4 Å². The maximum atomic E-state index is 11.3. The van der Waals surface area contributed by atoms with Gasteiger partial charge in [0.2, 0.25) is 0 Å². The first-order valence-electron chi connectivity index (χ1n) is 7.34. The maximum absolute atomic E-state index is 11.3. The van der Waals surface area contributed by atoms with Crippen LogP contribution in [-0.2, 0) is 9.53 Å². The molecule has 4 nitrogen and oxygen atoms in total. The van der Waals surface area contributed by atoms with Crippen LogP contribution in [0.25, 0.3) is 17.0 Å². The summed E-state index contributed by atoms with van der Waals surface area (Å²) in [6.07, 6.45) is 4.84. The zero-order valence-electron chi connectivity index (χ0n) is 13.0. The fraction of sp³-hybridized carbons (Fsp3) is 0.0526. The van der Waals surface area contributed by atoms with Gasteiger partial charge in [-0.05, 0) is 42.0 Å². The molecule has 0 fully saturated rings. The number of methoxy groups -OCH3 is 1. The van der Waals surface area contributed by atoms with E-state index in [1.165, 1.54) is 13.2 Å². The van der Waals surface area contributed by atoms with Gasteiger partial charge in [0.05, 0.1) is 12.6 Å². The third-order valence-electron chi connectivity index (χ3n) is 3.54. The number of fused-ring (bicyclic) bond motifs is 1. The number of para-hydroxylation sites is 1. The summed E-state index contributed by atoms with van der Waals surface area (Å²) in [5.74, 6) is -0.395. The minimum absolute atomic E-state index is 0.395. The topological polar surface area (TPSA) is 51.2 Å². The number of anilines is 2. The first-order valence-corrected chi connectivity index (χ1v) is 7.71. The first-order chi connectivity index (χ1) is 11.7. The molecule has 0 bridgehead atoms. The van der Waals surface area contributed by atoms with Gasteiger partial charge in [0, 0.05) is 34.1 Å². The number of pyridine rings is 1. The highest BCUT2D eigenvalue weighted by atomic mass is 35.5. The van der Waals surface area contributed by atoms with E-state index in [2.05, 4.69) is 15.0 Å². The molecule has 0 radical (unpaired) electrons. The lowest BCUT2D eigenvalue weighted by Crippen LogP contribution is -1.96. The molecule has 0 aliphatic rings. The second-order valence-corrected chi connectivity index (χ2v) is 5.53. The lowest BCUT2D eigenvalue weighted by molar-refractivity contribution is -0.134. The molecule has 0 unspecified atom stereocenters. The number of aromatic nitrogens is 1. The largest absolute Gasteiger partial charge is 0.466 e. The minimum atomic E-state index is -0.395. The van der Waals surface area contributed by atoms with Gasteiger partial charge in [0.25, 0.3) is 0 Å². The van der Waals surface area contributed by atoms with Crippen LogP contribution < -0.4 is 5.32 Å². The van der Waals surface area contributed by atoms with Gasteiger partial charge in [0.1, 0.15) is 0 Å². The molecule has 0 saturated carbocycles. The summed E-state index contributed by atoms with van der Waals surface area (Å²) in [5.41, 5.74) is 3.48. The second kappa shape index (κ2) is 7.15. The van der Waals surface area contributed by atoms with E-state index in [1.54, 1.807) is 12.3 Å². The highest BCUT2D eigenvalue weighted by molar-refractivity contribution is 6.31. The SMILES string of the molecule is COC(=O)/C=C/c1ccccc1Nc1ccnc2cc(Cl)ccc12. The predicted molar refractivity (Wildman–Crippen MR) is 97.5 cm³/mol. The second-order valence-electron chi connectivity index (χ2n) is 5.09. The van der Waals surface area contributed by atoms with E-state index in [0.717, 1.165) is 27.8 Å². The molecule has 3 aromatic rings. The van der Waals surface area contributed by atoms with E-state index < -0.39 is 5.97 Å². The number of benzene rings is 2. The number of carbonyl (C=O) groups excluding carboxylic acids is 1. The van der Waals surface area contributed by atoms with Gasteiger partial charge < -0.3 is 10.1 Å². The smallest absolute Gasteiger partial charge is 0.330 e. The van der Waals surface area contributed by atoms with Crippen LogP contribution >= 0.6 is 11.6 Å². The Balaban J connectivity index is 1.98. The standard InChI is InChI=1S/C19H15ClN2O2/c1-24-19(23)9-6-13-4-2-3-5-16(13)22-17-10-11-21-18-12-14(20)7-8-15(17)18/h2-12H,1H3,(H,21,22)/b9-6+. The van der Waals surface area contributed by atoms with Crippen LogP contribution in [0.3, 0.4) is 0 Å². The monoisotopic (exact) mass is 338 g/mol. The summed E-state index contributed by atoms with van der Waals surface area (Å²) in [4.78, 5) is 15.6. The highest BCUT2D eigenvalue weighted by Crippen LogP contribution is 2.28. The molecule has 1 aromatic heterocycles. The van der Waals surface area contributed by atoms with Gasteiger partial charge in [0.15, 0.2) is 0 Å². The lowest BCUT2D eigenvalue weighted by Gasteiger charge is -2.12. The molecule has 5 heteroatoms. The summed E-state index contributed by atoms with van der Waals surface area (Å²) in [6.45, 7) is 0. The molecule has 1 heterocycles. The van der Waals surface area contributed by atoms with E-state index in [1.807, 2.05) is 48.5 Å². The molecule has 0 saturated heterocycles. The van der Waals surface area contributed by atoms with Crippen LogP contribution in [0.4, 0.5) is 11.4 Å². The molecule has 0 aliphatic heterocycles. The molecular formula is C19H15ClN2O2. The predicted octanol–water partition coefficient (Wildman–Crippen LogP) is 4.82. The number of carbonyl (C=O) groups is 1. The Hall–Kier alpha value is -2.85. The summed E-state index contributed by atoms with van der Waals surface area (Å²) < 4.78 is 4.63. The van der Waals surface area contributed by atoms with Crippen molar-refractivity contribution < 1.29 is 9.53 Å². The van der Waals surface area contributed by atoms with Gasteiger partial charge in [-0.1, -0.05) is 29.8 Å². The third-order valence-corrected chi connectivity index (χ3v) is 3.77. The number of nitrogens with zero attached hydrogens (tertiary/aromatic N) is 1. The normalized spacial score (nSPS) is 10.9. The molecule has 3 rings (SSSR count). The van der Waals surface area contributed by atoms with Crippen molar-refractivity contribution in [3.63, 3.8) is 0 Å². The van der Waals surface area contributed by atoms with E-state index in [9.17, 15) is 4.79 Å². The van der Waals surface area contributed by atoms with Crippen molar-refractivity contribution in [2.24, 2.45) is 0 Å². The Morgan fingerprint density at radius 2 is 2.00 bits per heavy atom. The van der Waals surface area contributed by atoms with E-state index in [-0.39, 0.29) is 0 Å². The van der Waals surface area contributed by atoms with Gasteiger partial charge >= 0.3 is 5.97 Å². The van der Waals surface area contributed by atoms with Gasteiger partial charge in [-0.2, -0.15) is 0 Å². The average Bonchev–Trinajstić information content (AvgIpc) is 2.60. The number of rotatable bonds is 4. The quantitative estimate of drug-likeness (QED) is 0.547. The number of nitrogens with one attached hydrogen (secondary N) is 1. The zero-order chi connectivity index (χ0) is 16.9. The number of ether oxygens (including phenoxy) is 1. The Kier molecular flexibility index (Phi) is 4.77. The van der Waals surface area contributed by atoms with Crippen LogP contribution in [-0.4, -0.2) is 18.1 Å². The fourth-order valence-corrected chi connectivity index (χ4v) is 2.52. The van der Waals surface area contributed by atoms with E-state index >= 15 is 0 Å². The molecule has 0 spiro atoms. The summed E-state index contributed by atoms with van der Waals surface area (Å²) in [6, 6.07) is 15.2. The van der Waals surface area contributed by atoms with E-state index in [0.29, 0.717) is 5.02 Å². The number of hydrogen-bond acceptors (Lipinski definition) is 4. The number of esters is 1. The van der Waals surface area contributed by atoms with Crippen molar-refractivity contribution in [3.8, 4) is 0 Å². The van der Waals surface area contributed by atoms with Crippen LogP contribution in [0, 0.1) is 0 Å². The fourth-order valence-electron chi connectivity index (χ4n) is 2.36. The summed E-state index contributed by atoms with van der Waals surface area (Å²) in [7, 11) is 1.35. The Labute approximate surface area is 144 Å². The molecule has 0 atom stereocenters. The highest BCUT2D eigenvalue weighted by Gasteiger charge is 2.05. The van der Waals surface area contributed by atoms with Crippen molar-refractivity contribution >= 4 is 45.9 Å². The van der Waals surface area contributed by atoms with Crippen molar-refractivity contribution in [1.82, 2.24) is 4.98 Å². The van der Waals surface area contributed by atoms with Crippen LogP contribution in [0.5, 0.6) is 0 Å². The Morgan fingerprint density at radius 3 is 2.83 bits per heavy atom. The molecule has 0 amide bonds. The van der Waals surface area contributed by atoms with Crippen molar-refractivity contribution in [2.45, 2.75) is 0 Å². The first kappa shape index (κ1) is 16.0. The molecular weight excluding hydrogens is 324 g/mol. The Morgan fingerprint density at radius 1 is 1.17 bits per heavy atom. The number of hydrogen-bond donors (Lipinski definition) is 1. The van der Waals surface area contributed by atoms with Crippen LogP contribution in [0.15, 0.2) is 60.8 Å². The molecule has 1 N–H and O–H groups in total. The van der Waals surface area contributed by atoms with Crippen molar-refractivity contribution in [1.29, 1.82) is 0 Å². The summed E-state index contributed by atoms with van der Waals surface area (Å²) in [5, 5.41) is 5.00. The summed E-state index contributed by atoms with van der Waals surface area (Å²) >= 11 is 6.03. The van der Waals surface area contributed by atoms with Gasteiger partial charge in [-0.15, -0.1) is 0 Å². The van der Waals surface area contributed by atoms with E-state index in [4.69, 9.17) is 11.6 Å². The third kappa shape index (κ3) is 3.55. The van der Waals surface area contributed by atoms with Gasteiger partial charge in [-0.3, -0.25) is 4.98 Å². The Bertz CT molecular complexity index is 922. The molecule has 2 aromatic carbocycles. The van der Waals surface area contributed by atoms with Crippen molar-refractivity contribution in [2.75, 3.05) is 12.4 Å². The molecule has 120 valence electrons. The molecule has 0 aliphatic carbocycles. The van der Waals surface area contributed by atoms with Crippen LogP contribution in [0.2, 0.25) is 5.02 Å². The molecule has 24 heavy (non-hydrogen) atoms. The average molecular weight is 339 g/mol. The maximum Gasteiger partial charge on any atom is 0.330 e. The lowest BCUT2D eigenvalue weighted by atomic mass is 10.1. The van der Waals surface area contributed by atoms with Gasteiger partial charge in [-0.25, -0.2) is 4.79 Å².